The van der Waals surface area contributed by atoms with E-state index in [9.17, 15) is 9.90 Å². The van der Waals surface area contributed by atoms with Crippen molar-refractivity contribution in [1.82, 2.24) is 14.8 Å². The van der Waals surface area contributed by atoms with E-state index in [1.165, 1.54) is 24.8 Å². The zero-order valence-electron chi connectivity index (χ0n) is 16.0. The summed E-state index contributed by atoms with van der Waals surface area (Å²) in [5.74, 6) is 0.0102. The Hall–Kier alpha value is -1.85. The lowest BCUT2D eigenvalue weighted by atomic mass is 10.0. The number of nitrogens with one attached hydrogen (secondary N) is 1. The van der Waals surface area contributed by atoms with Crippen molar-refractivity contribution < 1.29 is 9.90 Å². The van der Waals surface area contributed by atoms with Crippen LogP contribution in [-0.2, 0) is 0 Å². The first kappa shape index (κ1) is 17.6. The molecule has 0 radical (unpaired) electrons. The van der Waals surface area contributed by atoms with Gasteiger partial charge in [-0.2, -0.15) is 0 Å². The first-order valence-electron chi connectivity index (χ1n) is 9.77. The standard InChI is InChI=1S/C21H29N3O2/c1-13-7-8-14(2)19-18(13)15(3)20(22-19)21(26)24-11-16(17(25)12-24)23-9-5-4-6-10-23/h7-8,16-17,22,25H,4-6,9-12H2,1-3H3/t16-,17-/m0/s1. The molecule has 0 spiro atoms. The lowest BCUT2D eigenvalue weighted by Crippen LogP contribution is -2.46. The molecule has 2 saturated heterocycles. The molecule has 2 aromatic rings. The Kier molecular flexibility index (Phi) is 4.53. The lowest BCUT2D eigenvalue weighted by molar-refractivity contribution is 0.0702. The number of hydrogen-bond acceptors (Lipinski definition) is 3. The van der Waals surface area contributed by atoms with Crippen LogP contribution in [0.2, 0.25) is 0 Å². The Morgan fingerprint density at radius 2 is 1.77 bits per heavy atom. The molecule has 5 heteroatoms. The molecule has 2 aliphatic heterocycles. The zero-order chi connectivity index (χ0) is 18.4. The van der Waals surface area contributed by atoms with E-state index in [4.69, 9.17) is 0 Å². The molecule has 2 N–H and O–H groups in total. The molecule has 5 nitrogen and oxygen atoms in total. The second-order valence-electron chi connectivity index (χ2n) is 8.02. The van der Waals surface area contributed by atoms with Crippen molar-refractivity contribution in [3.8, 4) is 0 Å². The number of aliphatic hydroxyl groups is 1. The maximum absolute atomic E-state index is 13.2. The number of hydrogen-bond donors (Lipinski definition) is 2. The molecule has 1 aromatic heterocycles. The molecular weight excluding hydrogens is 326 g/mol. The summed E-state index contributed by atoms with van der Waals surface area (Å²) in [6.07, 6.45) is 3.20. The van der Waals surface area contributed by atoms with Crippen molar-refractivity contribution in [3.63, 3.8) is 0 Å². The van der Waals surface area contributed by atoms with Crippen LogP contribution in [0.1, 0.15) is 46.4 Å². The summed E-state index contributed by atoms with van der Waals surface area (Å²) >= 11 is 0. The SMILES string of the molecule is Cc1ccc(C)c2c(C)c(C(=O)N3C[C@H](O)[C@@H](N4CCCCC4)C3)[nH]c12. The van der Waals surface area contributed by atoms with Crippen LogP contribution >= 0.6 is 0 Å². The monoisotopic (exact) mass is 355 g/mol. The van der Waals surface area contributed by atoms with Gasteiger partial charge < -0.3 is 15.0 Å². The minimum absolute atomic E-state index is 0.0102. The molecule has 0 bridgehead atoms. The van der Waals surface area contributed by atoms with Crippen molar-refractivity contribution in [2.24, 2.45) is 0 Å². The first-order valence-corrected chi connectivity index (χ1v) is 9.77. The summed E-state index contributed by atoms with van der Waals surface area (Å²) in [6, 6.07) is 4.28. The van der Waals surface area contributed by atoms with Gasteiger partial charge in [-0.15, -0.1) is 0 Å². The fraction of sp³-hybridized carbons (Fsp3) is 0.571. The number of β-amino-alcohol motifs (C(OH)–C–C–N with tert-alkyl or cyclic N) is 1. The average Bonchev–Trinajstić information content (AvgIpc) is 3.20. The van der Waals surface area contributed by atoms with Crippen molar-refractivity contribution in [2.45, 2.75) is 52.2 Å². The quantitative estimate of drug-likeness (QED) is 0.871. The number of aromatic nitrogens is 1. The first-order chi connectivity index (χ1) is 12.5. The summed E-state index contributed by atoms with van der Waals surface area (Å²) in [4.78, 5) is 20.8. The molecule has 1 aromatic carbocycles. The molecule has 3 heterocycles. The zero-order valence-corrected chi connectivity index (χ0v) is 16.0. The number of benzene rings is 1. The van der Waals surface area contributed by atoms with Gasteiger partial charge in [0, 0.05) is 24.0 Å². The van der Waals surface area contributed by atoms with E-state index in [0.29, 0.717) is 18.8 Å². The maximum Gasteiger partial charge on any atom is 0.270 e. The van der Waals surface area contributed by atoms with Gasteiger partial charge in [-0.1, -0.05) is 18.6 Å². The third-order valence-electron chi connectivity index (χ3n) is 6.24. The van der Waals surface area contributed by atoms with Crippen LogP contribution < -0.4 is 0 Å². The lowest BCUT2D eigenvalue weighted by Gasteiger charge is -2.33. The molecule has 2 atom stereocenters. The molecule has 26 heavy (non-hydrogen) atoms. The molecule has 2 aliphatic rings. The van der Waals surface area contributed by atoms with Gasteiger partial charge in [-0.3, -0.25) is 9.69 Å². The number of aryl methyl sites for hydroxylation is 3. The highest BCUT2D eigenvalue weighted by Crippen LogP contribution is 2.29. The second kappa shape index (κ2) is 6.71. The Bertz CT molecular complexity index is 835. The molecule has 0 saturated carbocycles. The Labute approximate surface area is 155 Å². The van der Waals surface area contributed by atoms with E-state index < -0.39 is 6.10 Å². The molecular formula is C21H29N3O2. The fourth-order valence-electron chi connectivity index (χ4n) is 4.72. The van der Waals surface area contributed by atoms with E-state index in [2.05, 4.69) is 35.9 Å². The van der Waals surface area contributed by atoms with E-state index in [1.54, 1.807) is 0 Å². The molecule has 4 rings (SSSR count). The summed E-state index contributed by atoms with van der Waals surface area (Å²) < 4.78 is 0. The van der Waals surface area contributed by atoms with Crippen molar-refractivity contribution >= 4 is 16.8 Å². The number of aromatic amines is 1. The van der Waals surface area contributed by atoms with Gasteiger partial charge in [-0.25, -0.2) is 0 Å². The van der Waals surface area contributed by atoms with Crippen LogP contribution in [0, 0.1) is 20.8 Å². The molecule has 140 valence electrons. The minimum Gasteiger partial charge on any atom is -0.390 e. The number of likely N-dealkylation sites (tertiary alicyclic amines) is 2. The molecule has 2 fully saturated rings. The Morgan fingerprint density at radius 1 is 1.08 bits per heavy atom. The number of piperidine rings is 1. The fourth-order valence-corrected chi connectivity index (χ4v) is 4.72. The summed E-state index contributed by atoms with van der Waals surface area (Å²) in [5, 5.41) is 11.7. The summed E-state index contributed by atoms with van der Waals surface area (Å²) in [6.45, 7) is 9.29. The van der Waals surface area contributed by atoms with Crippen LogP contribution in [-0.4, -0.2) is 64.1 Å². The molecule has 1 amide bonds. The number of carbonyl (C=O) groups excluding carboxylic acids is 1. The van der Waals surface area contributed by atoms with Crippen LogP contribution in [0.4, 0.5) is 0 Å². The van der Waals surface area contributed by atoms with Crippen molar-refractivity contribution in [1.29, 1.82) is 0 Å². The van der Waals surface area contributed by atoms with Gasteiger partial charge in [0.15, 0.2) is 0 Å². The number of amides is 1. The molecule has 0 aliphatic carbocycles. The van der Waals surface area contributed by atoms with E-state index in [-0.39, 0.29) is 11.9 Å². The highest BCUT2D eigenvalue weighted by Gasteiger charge is 2.39. The van der Waals surface area contributed by atoms with Gasteiger partial charge in [-0.05, 0) is 63.4 Å². The number of nitrogens with zero attached hydrogens (tertiary/aromatic N) is 2. The van der Waals surface area contributed by atoms with Crippen molar-refractivity contribution in [2.75, 3.05) is 26.2 Å². The average molecular weight is 355 g/mol. The van der Waals surface area contributed by atoms with E-state index in [1.807, 2.05) is 11.8 Å². The maximum atomic E-state index is 13.2. The topological polar surface area (TPSA) is 59.6 Å². The number of rotatable bonds is 2. The number of fused-ring (bicyclic) bond motifs is 1. The highest BCUT2D eigenvalue weighted by atomic mass is 16.3. The van der Waals surface area contributed by atoms with Gasteiger partial charge >= 0.3 is 0 Å². The largest absolute Gasteiger partial charge is 0.390 e. The van der Waals surface area contributed by atoms with Crippen LogP contribution in [0.3, 0.4) is 0 Å². The second-order valence-corrected chi connectivity index (χ2v) is 8.02. The van der Waals surface area contributed by atoms with E-state index >= 15 is 0 Å². The van der Waals surface area contributed by atoms with Crippen LogP contribution in [0.25, 0.3) is 10.9 Å². The number of carbonyl (C=O) groups is 1. The highest BCUT2D eigenvalue weighted by molar-refractivity contribution is 6.02. The van der Waals surface area contributed by atoms with Gasteiger partial charge in [0.25, 0.3) is 5.91 Å². The van der Waals surface area contributed by atoms with Crippen molar-refractivity contribution in [3.05, 3.63) is 34.5 Å². The molecule has 0 unspecified atom stereocenters. The summed E-state index contributed by atoms with van der Waals surface area (Å²) in [5.41, 5.74) is 5.08. The Morgan fingerprint density at radius 3 is 2.46 bits per heavy atom. The minimum atomic E-state index is -0.454. The van der Waals surface area contributed by atoms with E-state index in [0.717, 1.165) is 35.1 Å². The number of H-pyrrole nitrogens is 1. The van der Waals surface area contributed by atoms with Crippen LogP contribution in [0.15, 0.2) is 12.1 Å². The van der Waals surface area contributed by atoms with Gasteiger partial charge in [0.05, 0.1) is 12.1 Å². The third-order valence-corrected chi connectivity index (χ3v) is 6.24. The smallest absolute Gasteiger partial charge is 0.270 e. The normalized spacial score (nSPS) is 24.5. The number of aliphatic hydroxyl groups excluding tert-OH is 1. The van der Waals surface area contributed by atoms with Gasteiger partial charge in [0.1, 0.15) is 5.69 Å². The van der Waals surface area contributed by atoms with Crippen LogP contribution in [0.5, 0.6) is 0 Å². The predicted octanol–water partition coefficient (Wildman–Crippen LogP) is 2.76. The predicted molar refractivity (Wildman–Crippen MR) is 104 cm³/mol. The third kappa shape index (κ3) is 2.83. The Balaban J connectivity index is 1.60. The van der Waals surface area contributed by atoms with Gasteiger partial charge in [0.2, 0.25) is 0 Å². The summed E-state index contributed by atoms with van der Waals surface area (Å²) in [7, 11) is 0.